The van der Waals surface area contributed by atoms with E-state index in [1.165, 1.54) is 15.7 Å². The average molecular weight is 290 g/mol. The minimum atomic E-state index is -3.52. The van der Waals surface area contributed by atoms with Crippen molar-refractivity contribution in [3.63, 3.8) is 0 Å². The molecule has 1 aliphatic heterocycles. The molecule has 2 rings (SSSR count). The van der Waals surface area contributed by atoms with E-state index >= 15 is 0 Å². The molecular formula is C12H22N2O4S. The maximum Gasteiger partial charge on any atom is 0.321 e. The molecule has 7 heteroatoms. The summed E-state index contributed by atoms with van der Waals surface area (Å²) in [6.07, 6.45) is 5.52. The van der Waals surface area contributed by atoms with Crippen LogP contribution in [0.2, 0.25) is 0 Å². The zero-order valence-electron chi connectivity index (χ0n) is 11.4. The largest absolute Gasteiger partial charge is 0.468 e. The summed E-state index contributed by atoms with van der Waals surface area (Å²) in [4.78, 5) is 11.5. The summed E-state index contributed by atoms with van der Waals surface area (Å²) in [6, 6.07) is -0.0512. The van der Waals surface area contributed by atoms with Crippen LogP contribution in [0, 0.1) is 0 Å². The molecule has 0 spiro atoms. The van der Waals surface area contributed by atoms with Crippen LogP contribution in [0.4, 0.5) is 0 Å². The van der Waals surface area contributed by atoms with Crippen molar-refractivity contribution in [2.24, 2.45) is 0 Å². The molecule has 1 saturated carbocycles. The van der Waals surface area contributed by atoms with Gasteiger partial charge in [-0.1, -0.05) is 12.8 Å². The van der Waals surface area contributed by atoms with Crippen molar-refractivity contribution in [1.29, 1.82) is 0 Å². The Bertz CT molecular complexity index is 411. The fourth-order valence-corrected chi connectivity index (χ4v) is 4.72. The Hall–Kier alpha value is -0.660. The molecular weight excluding hydrogens is 268 g/mol. The predicted molar refractivity (Wildman–Crippen MR) is 70.7 cm³/mol. The van der Waals surface area contributed by atoms with E-state index in [1.54, 1.807) is 0 Å². The Balaban J connectivity index is 2.17. The van der Waals surface area contributed by atoms with Crippen LogP contribution in [-0.2, 0) is 19.7 Å². The minimum absolute atomic E-state index is 0.0512. The van der Waals surface area contributed by atoms with E-state index < -0.39 is 16.2 Å². The van der Waals surface area contributed by atoms with E-state index in [9.17, 15) is 13.2 Å². The molecule has 0 atom stereocenters. The molecule has 0 radical (unpaired) electrons. The van der Waals surface area contributed by atoms with E-state index in [0.717, 1.165) is 38.5 Å². The Morgan fingerprint density at radius 3 is 2.32 bits per heavy atom. The second-order valence-corrected chi connectivity index (χ2v) is 7.05. The van der Waals surface area contributed by atoms with Gasteiger partial charge < -0.3 is 4.74 Å². The molecule has 1 heterocycles. The Morgan fingerprint density at radius 2 is 1.79 bits per heavy atom. The first-order chi connectivity index (χ1) is 9.05. The van der Waals surface area contributed by atoms with Crippen LogP contribution in [0.1, 0.15) is 38.5 Å². The quantitative estimate of drug-likeness (QED) is 0.701. The molecule has 1 saturated heterocycles. The number of nitrogens with zero attached hydrogens (tertiary/aromatic N) is 2. The smallest absolute Gasteiger partial charge is 0.321 e. The fraction of sp³-hybridized carbons (Fsp3) is 0.917. The van der Waals surface area contributed by atoms with Crippen LogP contribution >= 0.6 is 0 Å². The summed E-state index contributed by atoms with van der Waals surface area (Å²) in [5, 5.41) is 0. The second kappa shape index (κ2) is 6.19. The van der Waals surface area contributed by atoms with Gasteiger partial charge in [0.15, 0.2) is 0 Å². The minimum Gasteiger partial charge on any atom is -0.468 e. The molecule has 0 bridgehead atoms. The van der Waals surface area contributed by atoms with Crippen molar-refractivity contribution < 1.29 is 17.9 Å². The summed E-state index contributed by atoms with van der Waals surface area (Å²) in [7, 11) is -2.23. The number of carbonyl (C=O) groups excluding carboxylic acids is 1. The van der Waals surface area contributed by atoms with Crippen LogP contribution in [0.5, 0.6) is 0 Å². The van der Waals surface area contributed by atoms with Crippen molar-refractivity contribution >= 4 is 16.2 Å². The zero-order chi connectivity index (χ0) is 13.9. The number of ether oxygens (including phenoxy) is 1. The number of carbonyl (C=O) groups is 1. The first-order valence-electron chi connectivity index (χ1n) is 6.89. The van der Waals surface area contributed by atoms with E-state index in [1.807, 2.05) is 0 Å². The van der Waals surface area contributed by atoms with Crippen LogP contribution in [0.15, 0.2) is 0 Å². The van der Waals surface area contributed by atoms with Gasteiger partial charge in [0.05, 0.1) is 7.11 Å². The molecule has 6 nitrogen and oxygen atoms in total. The molecule has 110 valence electrons. The summed E-state index contributed by atoms with van der Waals surface area (Å²) in [5.41, 5.74) is 0. The van der Waals surface area contributed by atoms with Crippen LogP contribution in [-0.4, -0.2) is 55.8 Å². The summed E-state index contributed by atoms with van der Waals surface area (Å²) >= 11 is 0. The first-order valence-corrected chi connectivity index (χ1v) is 8.29. The van der Waals surface area contributed by atoms with Crippen LogP contribution in [0.3, 0.4) is 0 Å². The Morgan fingerprint density at radius 1 is 1.21 bits per heavy atom. The van der Waals surface area contributed by atoms with E-state index in [0.29, 0.717) is 13.1 Å². The van der Waals surface area contributed by atoms with Crippen LogP contribution < -0.4 is 0 Å². The standard InChI is InChI=1S/C12H22N2O4S/c1-18-12(15)10-14(11-6-2-3-7-11)19(16,17)13-8-4-5-9-13/h11H,2-10H2,1H3. The zero-order valence-corrected chi connectivity index (χ0v) is 12.2. The van der Waals surface area contributed by atoms with Crippen molar-refractivity contribution in [3.8, 4) is 0 Å². The molecule has 0 unspecified atom stereocenters. The molecule has 0 amide bonds. The van der Waals surface area contributed by atoms with Crippen molar-refractivity contribution in [1.82, 2.24) is 8.61 Å². The van der Waals surface area contributed by atoms with Gasteiger partial charge in [0.25, 0.3) is 10.2 Å². The lowest BCUT2D eigenvalue weighted by atomic mass is 10.2. The van der Waals surface area contributed by atoms with Gasteiger partial charge in [-0.25, -0.2) is 0 Å². The first kappa shape index (κ1) is 14.7. The van der Waals surface area contributed by atoms with E-state index in [2.05, 4.69) is 4.74 Å². The average Bonchev–Trinajstić information content (AvgIpc) is 3.07. The summed E-state index contributed by atoms with van der Waals surface area (Å²) < 4.78 is 32.7. The number of hydrogen-bond acceptors (Lipinski definition) is 4. The van der Waals surface area contributed by atoms with Gasteiger partial charge in [-0.15, -0.1) is 0 Å². The maximum absolute atomic E-state index is 12.6. The van der Waals surface area contributed by atoms with Gasteiger partial charge in [-0.05, 0) is 25.7 Å². The highest BCUT2D eigenvalue weighted by Gasteiger charge is 2.38. The topological polar surface area (TPSA) is 66.9 Å². The van der Waals surface area contributed by atoms with E-state index in [4.69, 9.17) is 0 Å². The van der Waals surface area contributed by atoms with Gasteiger partial charge >= 0.3 is 5.97 Å². The molecule has 19 heavy (non-hydrogen) atoms. The van der Waals surface area contributed by atoms with Crippen molar-refractivity contribution in [2.45, 2.75) is 44.6 Å². The lowest BCUT2D eigenvalue weighted by Gasteiger charge is -2.30. The van der Waals surface area contributed by atoms with Crippen molar-refractivity contribution in [3.05, 3.63) is 0 Å². The van der Waals surface area contributed by atoms with Gasteiger partial charge in [0, 0.05) is 19.1 Å². The monoisotopic (exact) mass is 290 g/mol. The van der Waals surface area contributed by atoms with Crippen LogP contribution in [0.25, 0.3) is 0 Å². The molecule has 0 aromatic rings. The number of esters is 1. The molecule has 2 aliphatic rings. The lowest BCUT2D eigenvalue weighted by molar-refractivity contribution is -0.141. The third-order valence-corrected chi connectivity index (χ3v) is 5.97. The summed E-state index contributed by atoms with van der Waals surface area (Å²) in [6.45, 7) is 0.958. The third kappa shape index (κ3) is 3.27. The van der Waals surface area contributed by atoms with Gasteiger partial charge in [-0.3, -0.25) is 4.79 Å². The van der Waals surface area contributed by atoms with Crippen molar-refractivity contribution in [2.75, 3.05) is 26.7 Å². The Kier molecular flexibility index (Phi) is 4.81. The van der Waals surface area contributed by atoms with Gasteiger partial charge in [0.2, 0.25) is 0 Å². The highest BCUT2D eigenvalue weighted by atomic mass is 32.2. The normalized spacial score (nSPS) is 22.2. The highest BCUT2D eigenvalue weighted by Crippen LogP contribution is 2.28. The second-order valence-electron chi connectivity index (χ2n) is 5.17. The summed E-state index contributed by atoms with van der Waals surface area (Å²) in [5.74, 6) is -0.491. The molecule has 0 N–H and O–H groups in total. The van der Waals surface area contributed by atoms with Gasteiger partial charge in [0.1, 0.15) is 6.54 Å². The molecule has 0 aromatic heterocycles. The number of hydrogen-bond donors (Lipinski definition) is 0. The number of rotatable bonds is 5. The molecule has 0 aromatic carbocycles. The third-order valence-electron chi connectivity index (χ3n) is 3.93. The van der Waals surface area contributed by atoms with E-state index in [-0.39, 0.29) is 12.6 Å². The maximum atomic E-state index is 12.6. The molecule has 2 fully saturated rings. The molecule has 1 aliphatic carbocycles. The van der Waals surface area contributed by atoms with Gasteiger partial charge in [-0.2, -0.15) is 17.0 Å². The fourth-order valence-electron chi connectivity index (χ4n) is 2.85. The SMILES string of the molecule is COC(=O)CN(C1CCCC1)S(=O)(=O)N1CCCC1. The Labute approximate surface area is 114 Å². The lowest BCUT2D eigenvalue weighted by Crippen LogP contribution is -2.49. The number of methoxy groups -OCH3 is 1. The highest BCUT2D eigenvalue weighted by molar-refractivity contribution is 7.86. The predicted octanol–water partition coefficient (Wildman–Crippen LogP) is 0.745.